The van der Waals surface area contributed by atoms with E-state index in [4.69, 9.17) is 0 Å². The van der Waals surface area contributed by atoms with Gasteiger partial charge in [0.05, 0.1) is 37.3 Å². The van der Waals surface area contributed by atoms with Crippen LogP contribution in [0.15, 0.2) is 36.7 Å². The normalized spacial score (nSPS) is 18.7. The predicted octanol–water partition coefficient (Wildman–Crippen LogP) is 1.18. The van der Waals surface area contributed by atoms with E-state index in [-0.39, 0.29) is 5.82 Å². The van der Waals surface area contributed by atoms with Crippen LogP contribution < -0.4 is 0 Å². The van der Waals surface area contributed by atoms with Gasteiger partial charge in [0.2, 0.25) is 6.41 Å². The standard InChI is InChI=1S/C17H19FN5O2/c18-16-3-1-14(2-4-16)8-21-9-15(7-19-21)10-22-6-5-17(23(22)25)11-20(12-17)13-24/h1-4,7,9,13H,5-6,8,10-12H2/q+1. The molecule has 3 heterocycles. The zero-order valence-electron chi connectivity index (χ0n) is 13.7. The fraction of sp³-hybridized carbons (Fsp3) is 0.412. The number of hydrazine groups is 1. The predicted molar refractivity (Wildman–Crippen MR) is 86.8 cm³/mol. The summed E-state index contributed by atoms with van der Waals surface area (Å²) in [6.45, 7) is 2.73. The molecule has 1 amide bonds. The van der Waals surface area contributed by atoms with E-state index in [1.54, 1.807) is 32.9 Å². The minimum atomic E-state index is -0.439. The molecule has 130 valence electrons. The van der Waals surface area contributed by atoms with E-state index in [9.17, 15) is 14.1 Å². The number of halogens is 1. The first kappa shape index (κ1) is 15.7. The molecule has 0 atom stereocenters. The summed E-state index contributed by atoms with van der Waals surface area (Å²) < 4.78 is 14.7. The molecule has 25 heavy (non-hydrogen) atoms. The zero-order valence-corrected chi connectivity index (χ0v) is 13.7. The van der Waals surface area contributed by atoms with Crippen LogP contribution in [0.1, 0.15) is 17.5 Å². The molecular weight excluding hydrogens is 325 g/mol. The third-order valence-corrected chi connectivity index (χ3v) is 4.95. The second-order valence-corrected chi connectivity index (χ2v) is 6.82. The van der Waals surface area contributed by atoms with E-state index in [2.05, 4.69) is 5.10 Å². The van der Waals surface area contributed by atoms with Crippen molar-refractivity contribution in [2.24, 2.45) is 0 Å². The summed E-state index contributed by atoms with van der Waals surface area (Å²) in [4.78, 5) is 25.9. The lowest BCUT2D eigenvalue weighted by Crippen LogP contribution is -2.65. The first-order valence-electron chi connectivity index (χ1n) is 8.25. The molecule has 2 fully saturated rings. The van der Waals surface area contributed by atoms with Gasteiger partial charge in [-0.25, -0.2) is 4.39 Å². The largest absolute Gasteiger partial charge is 0.331 e. The summed E-state index contributed by atoms with van der Waals surface area (Å²) in [5, 5.41) is 6.08. The summed E-state index contributed by atoms with van der Waals surface area (Å²) in [7, 11) is 0. The van der Waals surface area contributed by atoms with Crippen molar-refractivity contribution in [1.82, 2.24) is 19.7 Å². The first-order valence-corrected chi connectivity index (χ1v) is 8.25. The number of hydrogen-bond acceptors (Lipinski definition) is 3. The van der Waals surface area contributed by atoms with E-state index in [0.717, 1.165) is 28.8 Å². The molecule has 1 aromatic carbocycles. The number of carbonyl (C=O) groups excluding carboxylic acids is 1. The van der Waals surface area contributed by atoms with Crippen LogP contribution >= 0.6 is 0 Å². The molecule has 1 spiro atoms. The Morgan fingerprint density at radius 1 is 1.20 bits per heavy atom. The average molecular weight is 344 g/mol. The van der Waals surface area contributed by atoms with Crippen molar-refractivity contribution in [3.63, 3.8) is 0 Å². The van der Waals surface area contributed by atoms with E-state index in [1.807, 2.05) is 6.20 Å². The highest BCUT2D eigenvalue weighted by Crippen LogP contribution is 2.34. The van der Waals surface area contributed by atoms with Crippen LogP contribution in [0.5, 0.6) is 0 Å². The molecule has 8 heteroatoms. The minimum Gasteiger partial charge on any atom is -0.331 e. The number of likely N-dealkylation sites (tertiary alicyclic amines) is 1. The smallest absolute Gasteiger partial charge is 0.279 e. The van der Waals surface area contributed by atoms with Gasteiger partial charge < -0.3 is 4.90 Å². The van der Waals surface area contributed by atoms with Crippen molar-refractivity contribution in [1.29, 1.82) is 0 Å². The first-order chi connectivity index (χ1) is 12.1. The Balaban J connectivity index is 1.38. The number of nitroso groups, excluding NO2 is 1. The van der Waals surface area contributed by atoms with Gasteiger partial charge in [0.1, 0.15) is 17.2 Å². The van der Waals surface area contributed by atoms with Gasteiger partial charge in [-0.3, -0.25) is 9.48 Å². The van der Waals surface area contributed by atoms with Crippen LogP contribution in [-0.4, -0.2) is 56.1 Å². The molecule has 2 aliphatic heterocycles. The summed E-state index contributed by atoms with van der Waals surface area (Å²) >= 11 is 0. The van der Waals surface area contributed by atoms with Gasteiger partial charge in [0.15, 0.2) is 0 Å². The van der Waals surface area contributed by atoms with Crippen molar-refractivity contribution in [3.8, 4) is 0 Å². The SMILES string of the molecule is O=CN1CC2(CCN(Cc3cnn(Cc4ccc(F)cc4)c3)[N+]2=O)C1. The molecule has 1 aromatic heterocycles. The Hall–Kier alpha value is -2.77. The molecule has 7 nitrogen and oxygen atoms in total. The van der Waals surface area contributed by atoms with Gasteiger partial charge in [-0.1, -0.05) is 12.1 Å². The van der Waals surface area contributed by atoms with Crippen LogP contribution in [0.25, 0.3) is 0 Å². The molecule has 0 saturated carbocycles. The number of hydrogen-bond donors (Lipinski definition) is 0. The molecule has 0 aliphatic carbocycles. The number of benzene rings is 1. The fourth-order valence-corrected chi connectivity index (χ4v) is 3.59. The van der Waals surface area contributed by atoms with E-state index in [1.165, 1.54) is 12.1 Å². The third kappa shape index (κ3) is 2.88. The van der Waals surface area contributed by atoms with Crippen LogP contribution in [-0.2, 0) is 17.9 Å². The Labute approximate surface area is 144 Å². The maximum atomic E-state index is 13.0. The number of aromatic nitrogens is 2. The van der Waals surface area contributed by atoms with Crippen LogP contribution in [0.4, 0.5) is 4.39 Å². The van der Waals surface area contributed by atoms with Crippen LogP contribution in [0.2, 0.25) is 0 Å². The van der Waals surface area contributed by atoms with E-state index < -0.39 is 5.54 Å². The van der Waals surface area contributed by atoms with Crippen molar-refractivity contribution in [2.75, 3.05) is 19.6 Å². The molecule has 0 unspecified atom stereocenters. The molecule has 2 aliphatic rings. The topological polar surface area (TPSA) is 61.5 Å². The molecule has 2 saturated heterocycles. The molecular formula is C17H19FN5O2+. The minimum absolute atomic E-state index is 0.257. The van der Waals surface area contributed by atoms with Gasteiger partial charge >= 0.3 is 0 Å². The number of amides is 1. The van der Waals surface area contributed by atoms with E-state index >= 15 is 0 Å². The Morgan fingerprint density at radius 2 is 1.96 bits per heavy atom. The molecule has 0 N–H and O–H groups in total. The molecule has 0 bridgehead atoms. The summed E-state index contributed by atoms with van der Waals surface area (Å²) in [5.74, 6) is -0.257. The number of rotatable bonds is 5. The lowest BCUT2D eigenvalue weighted by atomic mass is 9.89. The van der Waals surface area contributed by atoms with Crippen LogP contribution in [0.3, 0.4) is 0 Å². The summed E-state index contributed by atoms with van der Waals surface area (Å²) in [6, 6.07) is 6.32. The number of nitrogens with zero attached hydrogens (tertiary/aromatic N) is 5. The molecule has 4 rings (SSSR count). The van der Waals surface area contributed by atoms with Gasteiger partial charge in [-0.15, -0.1) is 5.01 Å². The second-order valence-electron chi connectivity index (χ2n) is 6.82. The number of carbonyl (C=O) groups is 1. The lowest BCUT2D eigenvalue weighted by molar-refractivity contribution is -0.752. The lowest BCUT2D eigenvalue weighted by Gasteiger charge is -2.37. The average Bonchev–Trinajstić information content (AvgIpc) is 3.14. The second kappa shape index (κ2) is 5.94. The van der Waals surface area contributed by atoms with Crippen molar-refractivity contribution in [2.45, 2.75) is 25.0 Å². The third-order valence-electron chi connectivity index (χ3n) is 4.95. The van der Waals surface area contributed by atoms with Gasteiger partial charge in [0, 0.05) is 18.2 Å². The summed E-state index contributed by atoms with van der Waals surface area (Å²) in [6.07, 6.45) is 5.22. The van der Waals surface area contributed by atoms with Gasteiger partial charge in [-0.2, -0.15) is 5.10 Å². The Bertz CT molecular complexity index is 798. The summed E-state index contributed by atoms with van der Waals surface area (Å²) in [5.41, 5.74) is 1.47. The van der Waals surface area contributed by atoms with Gasteiger partial charge in [-0.05, 0) is 17.7 Å². The van der Waals surface area contributed by atoms with Crippen molar-refractivity contribution < 1.29 is 14.1 Å². The quantitative estimate of drug-likeness (QED) is 0.604. The van der Waals surface area contributed by atoms with Crippen molar-refractivity contribution in [3.05, 3.63) is 58.5 Å². The monoisotopic (exact) mass is 344 g/mol. The Kier molecular flexibility index (Phi) is 3.74. The highest BCUT2D eigenvalue weighted by Gasteiger charge is 2.62. The fourth-order valence-electron chi connectivity index (χ4n) is 3.59. The van der Waals surface area contributed by atoms with E-state index in [0.29, 0.717) is 32.7 Å². The highest BCUT2D eigenvalue weighted by molar-refractivity contribution is 5.49. The molecule has 2 aromatic rings. The Morgan fingerprint density at radius 3 is 2.68 bits per heavy atom. The molecule has 0 radical (unpaired) electrons. The highest BCUT2D eigenvalue weighted by atomic mass is 19.1. The van der Waals surface area contributed by atoms with Crippen LogP contribution in [0, 0.1) is 10.7 Å². The maximum absolute atomic E-state index is 13.0. The zero-order chi connectivity index (χ0) is 17.4. The maximum Gasteiger partial charge on any atom is 0.279 e. The van der Waals surface area contributed by atoms with Gasteiger partial charge in [0.25, 0.3) is 5.54 Å². The van der Waals surface area contributed by atoms with Crippen molar-refractivity contribution >= 4 is 6.41 Å².